The monoisotopic (exact) mass is 354 g/mol. The van der Waals surface area contributed by atoms with E-state index in [0.717, 1.165) is 17.7 Å². The number of fused-ring (bicyclic) bond motifs is 1. The van der Waals surface area contributed by atoms with Crippen LogP contribution in [0.25, 0.3) is 0 Å². The SMILES string of the molecule is CC(O)C1CCN(C(=O)c2occc2CN2C(=O)Cc3ccccc32)C1. The Bertz CT molecular complexity index is 842. The normalized spacial score (nSPS) is 20.5. The van der Waals surface area contributed by atoms with Crippen LogP contribution in [0.2, 0.25) is 0 Å². The number of para-hydroxylation sites is 1. The summed E-state index contributed by atoms with van der Waals surface area (Å²) in [4.78, 5) is 28.7. The number of hydrogen-bond donors (Lipinski definition) is 1. The minimum atomic E-state index is -0.428. The lowest BCUT2D eigenvalue weighted by molar-refractivity contribution is -0.117. The van der Waals surface area contributed by atoms with Gasteiger partial charge in [-0.2, -0.15) is 0 Å². The Morgan fingerprint density at radius 3 is 2.92 bits per heavy atom. The van der Waals surface area contributed by atoms with Crippen LogP contribution in [0.5, 0.6) is 0 Å². The molecule has 136 valence electrons. The second kappa shape index (κ2) is 6.61. The van der Waals surface area contributed by atoms with E-state index in [4.69, 9.17) is 4.42 Å². The van der Waals surface area contributed by atoms with Crippen LogP contribution in [0, 0.1) is 5.92 Å². The van der Waals surface area contributed by atoms with Crippen molar-refractivity contribution in [3.05, 3.63) is 53.5 Å². The van der Waals surface area contributed by atoms with Gasteiger partial charge in [-0.15, -0.1) is 0 Å². The number of furan rings is 1. The van der Waals surface area contributed by atoms with Crippen LogP contribution in [0.3, 0.4) is 0 Å². The van der Waals surface area contributed by atoms with E-state index < -0.39 is 6.10 Å². The fourth-order valence-electron chi connectivity index (χ4n) is 3.82. The third-order valence-electron chi connectivity index (χ3n) is 5.39. The molecule has 1 fully saturated rings. The van der Waals surface area contributed by atoms with Gasteiger partial charge in [-0.1, -0.05) is 18.2 Å². The average Bonchev–Trinajstić information content (AvgIpc) is 3.34. The first-order chi connectivity index (χ1) is 12.5. The Balaban J connectivity index is 1.53. The zero-order valence-corrected chi connectivity index (χ0v) is 14.7. The van der Waals surface area contributed by atoms with E-state index in [0.29, 0.717) is 31.6 Å². The summed E-state index contributed by atoms with van der Waals surface area (Å²) in [6, 6.07) is 9.47. The Kier molecular flexibility index (Phi) is 4.28. The highest BCUT2D eigenvalue weighted by Crippen LogP contribution is 2.31. The highest BCUT2D eigenvalue weighted by Gasteiger charge is 2.33. The van der Waals surface area contributed by atoms with Crippen LogP contribution in [0.1, 0.15) is 35.0 Å². The average molecular weight is 354 g/mol. The molecule has 26 heavy (non-hydrogen) atoms. The van der Waals surface area contributed by atoms with Crippen molar-refractivity contribution >= 4 is 17.5 Å². The number of nitrogens with zero attached hydrogens (tertiary/aromatic N) is 2. The van der Waals surface area contributed by atoms with Crippen LogP contribution in [0.15, 0.2) is 41.0 Å². The topological polar surface area (TPSA) is 74.0 Å². The zero-order chi connectivity index (χ0) is 18.3. The van der Waals surface area contributed by atoms with E-state index in [9.17, 15) is 14.7 Å². The summed E-state index contributed by atoms with van der Waals surface area (Å²) < 4.78 is 5.48. The van der Waals surface area contributed by atoms with Gasteiger partial charge >= 0.3 is 0 Å². The molecule has 2 aromatic rings. The molecule has 1 N–H and O–H groups in total. The van der Waals surface area contributed by atoms with Crippen molar-refractivity contribution in [2.24, 2.45) is 5.92 Å². The summed E-state index contributed by atoms with van der Waals surface area (Å²) in [6.07, 6.45) is 2.25. The van der Waals surface area contributed by atoms with Gasteiger partial charge in [0.1, 0.15) is 0 Å². The minimum Gasteiger partial charge on any atom is -0.459 e. The number of amides is 2. The van der Waals surface area contributed by atoms with Crippen LogP contribution in [-0.4, -0.2) is 41.0 Å². The Morgan fingerprint density at radius 2 is 2.15 bits per heavy atom. The molecule has 0 saturated carbocycles. The van der Waals surface area contributed by atoms with E-state index >= 15 is 0 Å². The van der Waals surface area contributed by atoms with Gasteiger partial charge in [-0.05, 0) is 31.0 Å². The molecule has 1 aromatic heterocycles. The first-order valence-electron chi connectivity index (χ1n) is 8.96. The van der Waals surface area contributed by atoms with E-state index in [1.54, 1.807) is 22.8 Å². The maximum atomic E-state index is 12.8. The first kappa shape index (κ1) is 16.8. The van der Waals surface area contributed by atoms with Gasteiger partial charge in [-0.3, -0.25) is 9.59 Å². The Hall–Kier alpha value is -2.60. The lowest BCUT2D eigenvalue weighted by Gasteiger charge is -2.19. The van der Waals surface area contributed by atoms with Crippen molar-refractivity contribution in [2.45, 2.75) is 32.4 Å². The van der Waals surface area contributed by atoms with Crippen LogP contribution < -0.4 is 4.90 Å². The van der Waals surface area contributed by atoms with Gasteiger partial charge < -0.3 is 19.3 Å². The summed E-state index contributed by atoms with van der Waals surface area (Å²) in [5, 5.41) is 9.74. The second-order valence-electron chi connectivity index (χ2n) is 7.10. The van der Waals surface area contributed by atoms with Gasteiger partial charge in [0.05, 0.1) is 25.3 Å². The van der Waals surface area contributed by atoms with Crippen molar-refractivity contribution in [3.8, 4) is 0 Å². The van der Waals surface area contributed by atoms with Gasteiger partial charge in [0.2, 0.25) is 5.91 Å². The maximum Gasteiger partial charge on any atom is 0.289 e. The number of aliphatic hydroxyl groups is 1. The molecule has 1 aromatic carbocycles. The zero-order valence-electron chi connectivity index (χ0n) is 14.7. The van der Waals surface area contributed by atoms with Crippen LogP contribution >= 0.6 is 0 Å². The number of benzene rings is 1. The quantitative estimate of drug-likeness (QED) is 0.914. The van der Waals surface area contributed by atoms with Crippen molar-refractivity contribution in [1.29, 1.82) is 0 Å². The molecule has 6 heteroatoms. The fraction of sp³-hybridized carbons (Fsp3) is 0.400. The van der Waals surface area contributed by atoms with Crippen LogP contribution in [0.4, 0.5) is 5.69 Å². The fourth-order valence-corrected chi connectivity index (χ4v) is 3.82. The third-order valence-corrected chi connectivity index (χ3v) is 5.39. The molecule has 3 heterocycles. The molecule has 2 aliphatic rings. The van der Waals surface area contributed by atoms with E-state index in [-0.39, 0.29) is 23.5 Å². The summed E-state index contributed by atoms with van der Waals surface area (Å²) >= 11 is 0. The standard InChI is InChI=1S/C20H22N2O4/c1-13(23)15-6-8-21(11-15)20(25)19-16(7-9-26-19)12-22-17-5-3-2-4-14(17)10-18(22)24/h2-5,7,9,13,15,23H,6,8,10-12H2,1H3. The van der Waals surface area contributed by atoms with Gasteiger partial charge in [0.15, 0.2) is 5.76 Å². The molecule has 0 spiro atoms. The van der Waals surface area contributed by atoms with E-state index in [2.05, 4.69) is 0 Å². The molecule has 6 nitrogen and oxygen atoms in total. The number of rotatable bonds is 4. The largest absolute Gasteiger partial charge is 0.459 e. The van der Waals surface area contributed by atoms with Crippen molar-refractivity contribution < 1.29 is 19.1 Å². The van der Waals surface area contributed by atoms with Crippen molar-refractivity contribution in [1.82, 2.24) is 4.90 Å². The molecule has 4 rings (SSSR count). The lowest BCUT2D eigenvalue weighted by Crippen LogP contribution is -2.32. The number of aliphatic hydroxyl groups excluding tert-OH is 1. The number of carbonyl (C=O) groups excluding carboxylic acids is 2. The van der Waals surface area contributed by atoms with E-state index in [1.807, 2.05) is 24.3 Å². The molecule has 1 saturated heterocycles. The molecule has 0 bridgehead atoms. The number of carbonyl (C=O) groups is 2. The minimum absolute atomic E-state index is 0.0288. The van der Waals surface area contributed by atoms with Crippen molar-refractivity contribution in [3.63, 3.8) is 0 Å². The molecule has 2 amide bonds. The van der Waals surface area contributed by atoms with E-state index in [1.165, 1.54) is 6.26 Å². The number of likely N-dealkylation sites (tertiary alicyclic amines) is 1. The second-order valence-corrected chi connectivity index (χ2v) is 7.10. The Morgan fingerprint density at radius 1 is 1.35 bits per heavy atom. The summed E-state index contributed by atoms with van der Waals surface area (Å²) in [5.74, 6) is 0.243. The first-order valence-corrected chi connectivity index (χ1v) is 8.96. The summed E-state index contributed by atoms with van der Waals surface area (Å²) in [6.45, 7) is 3.22. The predicted molar refractivity (Wildman–Crippen MR) is 95.7 cm³/mol. The smallest absolute Gasteiger partial charge is 0.289 e. The lowest BCUT2D eigenvalue weighted by atomic mass is 10.0. The van der Waals surface area contributed by atoms with Crippen LogP contribution in [-0.2, 0) is 17.8 Å². The number of hydrogen-bond acceptors (Lipinski definition) is 4. The Labute approximate surface area is 152 Å². The maximum absolute atomic E-state index is 12.8. The molecular formula is C20H22N2O4. The van der Waals surface area contributed by atoms with Crippen molar-refractivity contribution in [2.75, 3.05) is 18.0 Å². The predicted octanol–water partition coefficient (Wildman–Crippen LogP) is 2.21. The third kappa shape index (κ3) is 2.90. The molecule has 2 unspecified atom stereocenters. The molecule has 0 radical (unpaired) electrons. The molecule has 2 aliphatic heterocycles. The molecule has 2 atom stereocenters. The summed E-state index contributed by atoms with van der Waals surface area (Å²) in [7, 11) is 0. The number of anilines is 1. The molecular weight excluding hydrogens is 332 g/mol. The molecule has 0 aliphatic carbocycles. The summed E-state index contributed by atoms with van der Waals surface area (Å²) in [5.41, 5.74) is 2.61. The van der Waals surface area contributed by atoms with Gasteiger partial charge in [0.25, 0.3) is 5.91 Å². The van der Waals surface area contributed by atoms with Gasteiger partial charge in [0, 0.05) is 30.3 Å². The highest BCUT2D eigenvalue weighted by molar-refractivity contribution is 6.01. The highest BCUT2D eigenvalue weighted by atomic mass is 16.3. The van der Waals surface area contributed by atoms with Gasteiger partial charge in [-0.25, -0.2) is 0 Å².